The van der Waals surface area contributed by atoms with Gasteiger partial charge in [-0.2, -0.15) is 0 Å². The van der Waals surface area contributed by atoms with E-state index in [9.17, 15) is 0 Å². The van der Waals surface area contributed by atoms with Crippen LogP contribution in [0.25, 0.3) is 0 Å². The Labute approximate surface area is 79.9 Å². The zero-order valence-electron chi connectivity index (χ0n) is 8.37. The van der Waals surface area contributed by atoms with E-state index in [0.29, 0.717) is 12.8 Å². The van der Waals surface area contributed by atoms with Gasteiger partial charge in [0.2, 0.25) is 0 Å². The minimum absolute atomic E-state index is 0.00135. The zero-order chi connectivity index (χ0) is 10.3. The second kappa shape index (κ2) is 6.32. The van der Waals surface area contributed by atoms with Gasteiger partial charge in [-0.1, -0.05) is 13.3 Å². The van der Waals surface area contributed by atoms with Crippen molar-refractivity contribution in [3.8, 4) is 0 Å². The van der Waals surface area contributed by atoms with Gasteiger partial charge in [0.05, 0.1) is 5.66 Å². The summed E-state index contributed by atoms with van der Waals surface area (Å²) in [7, 11) is 0. The molecule has 0 aromatic carbocycles. The van der Waals surface area contributed by atoms with Crippen molar-refractivity contribution in [3.63, 3.8) is 0 Å². The third kappa shape index (κ3) is 4.57. The Bertz CT molecular complexity index is 123. The molecule has 0 amide bonds. The molecule has 0 saturated heterocycles. The molecular formula is C9H22N2O2. The summed E-state index contributed by atoms with van der Waals surface area (Å²) in [4.78, 5) is 0. The van der Waals surface area contributed by atoms with Gasteiger partial charge >= 0.3 is 0 Å². The molecule has 1 atom stereocenters. The van der Waals surface area contributed by atoms with Crippen LogP contribution in [0.4, 0.5) is 0 Å². The number of aliphatic hydroxyl groups is 2. The van der Waals surface area contributed by atoms with E-state index < -0.39 is 5.66 Å². The van der Waals surface area contributed by atoms with Crippen LogP contribution in [0.15, 0.2) is 0 Å². The molecule has 13 heavy (non-hydrogen) atoms. The van der Waals surface area contributed by atoms with Gasteiger partial charge in [-0.25, -0.2) is 0 Å². The first kappa shape index (κ1) is 12.8. The van der Waals surface area contributed by atoms with Crippen LogP contribution in [0.1, 0.15) is 32.6 Å². The standard InChI is InChI=1S/C9H22N2O2/c1-2-3-8(4-6-12)9(10,11)5-7-13/h8,12-13H,2-7,10-11H2,1H3. The lowest BCUT2D eigenvalue weighted by Gasteiger charge is -2.33. The fourth-order valence-corrected chi connectivity index (χ4v) is 1.58. The third-order valence-corrected chi connectivity index (χ3v) is 2.42. The van der Waals surface area contributed by atoms with Crippen LogP contribution in [-0.4, -0.2) is 29.1 Å². The molecule has 0 rings (SSSR count). The Morgan fingerprint density at radius 2 is 1.77 bits per heavy atom. The van der Waals surface area contributed by atoms with Gasteiger partial charge in [0.15, 0.2) is 0 Å². The number of nitrogens with two attached hydrogens (primary N) is 2. The van der Waals surface area contributed by atoms with Crippen LogP contribution in [0.2, 0.25) is 0 Å². The van der Waals surface area contributed by atoms with E-state index in [1.165, 1.54) is 0 Å². The molecule has 0 aromatic rings. The van der Waals surface area contributed by atoms with Crippen molar-refractivity contribution in [2.45, 2.75) is 38.3 Å². The maximum absolute atomic E-state index is 8.82. The summed E-state index contributed by atoms with van der Waals surface area (Å²) in [5.74, 6) is 0.0923. The lowest BCUT2D eigenvalue weighted by Crippen LogP contribution is -2.56. The van der Waals surface area contributed by atoms with E-state index in [1.807, 2.05) is 0 Å². The van der Waals surface area contributed by atoms with Crippen molar-refractivity contribution in [2.75, 3.05) is 13.2 Å². The monoisotopic (exact) mass is 190 g/mol. The lowest BCUT2D eigenvalue weighted by atomic mass is 9.85. The van der Waals surface area contributed by atoms with Crippen molar-refractivity contribution in [1.29, 1.82) is 0 Å². The molecule has 0 aliphatic heterocycles. The van der Waals surface area contributed by atoms with Gasteiger partial charge in [0, 0.05) is 19.6 Å². The van der Waals surface area contributed by atoms with E-state index in [4.69, 9.17) is 21.7 Å². The molecule has 0 aromatic heterocycles. The van der Waals surface area contributed by atoms with Crippen LogP contribution < -0.4 is 11.5 Å². The first-order chi connectivity index (χ1) is 6.08. The Morgan fingerprint density at radius 1 is 1.15 bits per heavy atom. The smallest absolute Gasteiger partial charge is 0.0688 e. The van der Waals surface area contributed by atoms with Crippen molar-refractivity contribution in [3.05, 3.63) is 0 Å². The second-order valence-electron chi connectivity index (χ2n) is 3.58. The van der Waals surface area contributed by atoms with Crippen molar-refractivity contribution < 1.29 is 10.2 Å². The highest BCUT2D eigenvalue weighted by atomic mass is 16.3. The highest BCUT2D eigenvalue weighted by Gasteiger charge is 2.28. The molecule has 0 aliphatic carbocycles. The molecule has 80 valence electrons. The summed E-state index contributed by atoms with van der Waals surface area (Å²) >= 11 is 0. The fourth-order valence-electron chi connectivity index (χ4n) is 1.58. The van der Waals surface area contributed by atoms with E-state index in [-0.39, 0.29) is 19.1 Å². The molecule has 0 bridgehead atoms. The maximum atomic E-state index is 8.82. The van der Waals surface area contributed by atoms with Crippen LogP contribution in [0, 0.1) is 5.92 Å². The zero-order valence-corrected chi connectivity index (χ0v) is 8.37. The molecule has 0 heterocycles. The Kier molecular flexibility index (Phi) is 6.24. The average Bonchev–Trinajstić information content (AvgIpc) is 2.04. The Hall–Kier alpha value is -0.160. The van der Waals surface area contributed by atoms with Gasteiger partial charge < -0.3 is 21.7 Å². The SMILES string of the molecule is CCCC(CCO)C(N)(N)CCO. The third-order valence-electron chi connectivity index (χ3n) is 2.42. The van der Waals surface area contributed by atoms with Gasteiger partial charge in [-0.15, -0.1) is 0 Å². The second-order valence-corrected chi connectivity index (χ2v) is 3.58. The first-order valence-corrected chi connectivity index (χ1v) is 4.88. The van der Waals surface area contributed by atoms with Gasteiger partial charge in [-0.3, -0.25) is 0 Å². The highest BCUT2D eigenvalue weighted by Crippen LogP contribution is 2.21. The molecule has 4 nitrogen and oxygen atoms in total. The van der Waals surface area contributed by atoms with Gasteiger partial charge in [0.1, 0.15) is 0 Å². The summed E-state index contributed by atoms with van der Waals surface area (Å²) in [6, 6.07) is 0. The topological polar surface area (TPSA) is 92.5 Å². The minimum atomic E-state index is -0.840. The molecular weight excluding hydrogens is 168 g/mol. The molecule has 0 aliphatic rings. The van der Waals surface area contributed by atoms with Crippen molar-refractivity contribution in [1.82, 2.24) is 0 Å². The predicted molar refractivity (Wildman–Crippen MR) is 52.9 cm³/mol. The summed E-state index contributed by atoms with van der Waals surface area (Å²) < 4.78 is 0. The quantitative estimate of drug-likeness (QED) is 0.418. The number of hydrogen-bond acceptors (Lipinski definition) is 4. The molecule has 0 fully saturated rings. The largest absolute Gasteiger partial charge is 0.396 e. The molecule has 1 unspecified atom stereocenters. The Balaban J connectivity index is 4.13. The van der Waals surface area contributed by atoms with Gasteiger partial charge in [0.25, 0.3) is 0 Å². The number of hydrogen-bond donors (Lipinski definition) is 4. The summed E-state index contributed by atoms with van der Waals surface area (Å²) in [6.45, 7) is 2.16. The van der Waals surface area contributed by atoms with Crippen molar-refractivity contribution in [2.24, 2.45) is 17.4 Å². The van der Waals surface area contributed by atoms with E-state index >= 15 is 0 Å². The van der Waals surface area contributed by atoms with Crippen LogP contribution in [0.3, 0.4) is 0 Å². The Morgan fingerprint density at radius 3 is 2.15 bits per heavy atom. The van der Waals surface area contributed by atoms with Crippen LogP contribution >= 0.6 is 0 Å². The molecule has 6 N–H and O–H groups in total. The van der Waals surface area contributed by atoms with Crippen molar-refractivity contribution >= 4 is 0 Å². The summed E-state index contributed by atoms with van der Waals surface area (Å²) in [6.07, 6.45) is 2.89. The average molecular weight is 190 g/mol. The normalized spacial score (nSPS) is 14.5. The molecule has 0 radical (unpaired) electrons. The van der Waals surface area contributed by atoms with E-state index in [0.717, 1.165) is 12.8 Å². The number of aliphatic hydroxyl groups excluding tert-OH is 2. The van der Waals surface area contributed by atoms with E-state index in [1.54, 1.807) is 0 Å². The van der Waals surface area contributed by atoms with Gasteiger partial charge in [-0.05, 0) is 18.8 Å². The fraction of sp³-hybridized carbons (Fsp3) is 1.00. The first-order valence-electron chi connectivity index (χ1n) is 4.88. The molecule has 0 spiro atoms. The minimum Gasteiger partial charge on any atom is -0.396 e. The number of rotatable bonds is 7. The summed E-state index contributed by atoms with van der Waals surface area (Å²) in [5, 5.41) is 17.6. The summed E-state index contributed by atoms with van der Waals surface area (Å²) in [5.41, 5.74) is 10.9. The van der Waals surface area contributed by atoms with Crippen LogP contribution in [0.5, 0.6) is 0 Å². The predicted octanol–water partition coefficient (Wildman–Crippen LogP) is -0.219. The van der Waals surface area contributed by atoms with E-state index in [2.05, 4.69) is 6.92 Å². The lowest BCUT2D eigenvalue weighted by molar-refractivity contribution is 0.151. The van der Waals surface area contributed by atoms with Crippen LogP contribution in [-0.2, 0) is 0 Å². The maximum Gasteiger partial charge on any atom is 0.0688 e. The molecule has 4 heteroatoms. The highest BCUT2D eigenvalue weighted by molar-refractivity contribution is 4.84. The molecule has 0 saturated carbocycles.